The Kier molecular flexibility index (Phi) is 3.73. The van der Waals surface area contributed by atoms with Gasteiger partial charge in [-0.15, -0.1) is 11.3 Å². The van der Waals surface area contributed by atoms with Crippen LogP contribution in [-0.2, 0) is 0 Å². The van der Waals surface area contributed by atoms with E-state index in [1.807, 2.05) is 11.3 Å². The Morgan fingerprint density at radius 3 is 2.31 bits per heavy atom. The molecule has 1 aliphatic rings. The van der Waals surface area contributed by atoms with E-state index in [1.165, 1.54) is 12.8 Å². The molecule has 1 heterocycles. The van der Waals surface area contributed by atoms with Crippen molar-refractivity contribution in [3.05, 3.63) is 22.4 Å². The first-order valence-electron chi connectivity index (χ1n) is 6.63. The van der Waals surface area contributed by atoms with E-state index in [2.05, 4.69) is 45.2 Å². The Morgan fingerprint density at radius 2 is 1.69 bits per heavy atom. The van der Waals surface area contributed by atoms with Gasteiger partial charge in [0.15, 0.2) is 0 Å². The fraction of sp³-hybridized carbons (Fsp3) is 0.733. The molecule has 90 valence electrons. The first-order chi connectivity index (χ1) is 7.59. The van der Waals surface area contributed by atoms with E-state index in [1.54, 1.807) is 4.88 Å². The number of hydrogen-bond acceptors (Lipinski definition) is 1. The summed E-state index contributed by atoms with van der Waals surface area (Å²) in [5, 5.41) is 2.23. The van der Waals surface area contributed by atoms with E-state index in [0.29, 0.717) is 0 Å². The monoisotopic (exact) mass is 236 g/mol. The van der Waals surface area contributed by atoms with Crippen molar-refractivity contribution in [2.24, 2.45) is 23.7 Å². The van der Waals surface area contributed by atoms with Crippen LogP contribution in [0.15, 0.2) is 17.5 Å². The molecular formula is C15H24S. The molecule has 0 nitrogen and oxygen atoms in total. The molecule has 1 fully saturated rings. The summed E-state index contributed by atoms with van der Waals surface area (Å²) in [6.07, 6.45) is 2.79. The van der Waals surface area contributed by atoms with Crippen LogP contribution in [0.2, 0.25) is 0 Å². The summed E-state index contributed by atoms with van der Waals surface area (Å²) in [5.41, 5.74) is 0. The van der Waals surface area contributed by atoms with E-state index in [0.717, 1.165) is 29.6 Å². The van der Waals surface area contributed by atoms with Crippen molar-refractivity contribution >= 4 is 11.3 Å². The van der Waals surface area contributed by atoms with Gasteiger partial charge in [0.05, 0.1) is 0 Å². The molecule has 0 amide bonds. The molecule has 5 atom stereocenters. The smallest absolute Gasteiger partial charge is 0.00790 e. The lowest BCUT2D eigenvalue weighted by molar-refractivity contribution is 0.311. The van der Waals surface area contributed by atoms with Gasteiger partial charge in [-0.1, -0.05) is 33.8 Å². The van der Waals surface area contributed by atoms with Crippen molar-refractivity contribution in [2.45, 2.75) is 46.5 Å². The molecule has 2 rings (SSSR count). The Labute approximate surface area is 104 Å². The highest BCUT2D eigenvalue weighted by atomic mass is 32.1. The molecule has 1 aliphatic carbocycles. The Bertz CT molecular complexity index is 314. The van der Waals surface area contributed by atoms with Gasteiger partial charge in [0, 0.05) is 4.88 Å². The largest absolute Gasteiger partial charge is 0.149 e. The minimum absolute atomic E-state index is 0.801. The quantitative estimate of drug-likeness (QED) is 0.590. The third kappa shape index (κ3) is 2.34. The van der Waals surface area contributed by atoms with E-state index in [-0.39, 0.29) is 0 Å². The second kappa shape index (κ2) is 4.91. The van der Waals surface area contributed by atoms with Gasteiger partial charge in [0.25, 0.3) is 0 Å². The molecule has 3 unspecified atom stereocenters. The molecule has 1 aromatic heterocycles. The van der Waals surface area contributed by atoms with Crippen molar-refractivity contribution in [3.63, 3.8) is 0 Å². The zero-order valence-corrected chi connectivity index (χ0v) is 11.8. The summed E-state index contributed by atoms with van der Waals surface area (Å²) < 4.78 is 0. The molecule has 16 heavy (non-hydrogen) atoms. The molecule has 0 saturated heterocycles. The standard InChI is InChI=1S/C15H24S/c1-10-8-12(3)13(4)14(9-11(10)2)15-6-5-7-16-15/h5-7,10-14H,8-9H2,1-4H3/t10?,11?,12?,13-,14-/m0/s1. The van der Waals surface area contributed by atoms with Crippen LogP contribution in [0, 0.1) is 23.7 Å². The van der Waals surface area contributed by atoms with Gasteiger partial charge < -0.3 is 0 Å². The van der Waals surface area contributed by atoms with Crippen molar-refractivity contribution in [3.8, 4) is 0 Å². The summed E-state index contributed by atoms with van der Waals surface area (Å²) in [6.45, 7) is 9.78. The van der Waals surface area contributed by atoms with Gasteiger partial charge in [-0.2, -0.15) is 0 Å². The maximum Gasteiger partial charge on any atom is 0.00790 e. The zero-order valence-electron chi connectivity index (χ0n) is 10.9. The summed E-state index contributed by atoms with van der Waals surface area (Å²) in [5.74, 6) is 4.27. The summed E-state index contributed by atoms with van der Waals surface area (Å²) >= 11 is 1.95. The summed E-state index contributed by atoms with van der Waals surface area (Å²) in [7, 11) is 0. The minimum Gasteiger partial charge on any atom is -0.149 e. The highest BCUT2D eigenvalue weighted by Crippen LogP contribution is 2.44. The van der Waals surface area contributed by atoms with Crippen LogP contribution in [0.4, 0.5) is 0 Å². The lowest BCUT2D eigenvalue weighted by Crippen LogP contribution is -2.14. The van der Waals surface area contributed by atoms with E-state index >= 15 is 0 Å². The molecule has 0 spiro atoms. The Hall–Kier alpha value is -0.300. The molecule has 0 radical (unpaired) electrons. The first kappa shape index (κ1) is 12.2. The average molecular weight is 236 g/mol. The Morgan fingerprint density at radius 1 is 1.00 bits per heavy atom. The van der Waals surface area contributed by atoms with Crippen LogP contribution in [0.3, 0.4) is 0 Å². The maximum absolute atomic E-state index is 2.46. The molecule has 1 aromatic rings. The molecule has 0 aromatic carbocycles. The minimum atomic E-state index is 0.801. The van der Waals surface area contributed by atoms with Crippen molar-refractivity contribution in [1.82, 2.24) is 0 Å². The lowest BCUT2D eigenvalue weighted by atomic mass is 9.81. The van der Waals surface area contributed by atoms with Crippen LogP contribution >= 0.6 is 11.3 Å². The second-order valence-electron chi connectivity index (χ2n) is 5.88. The van der Waals surface area contributed by atoms with Crippen LogP contribution in [0.5, 0.6) is 0 Å². The fourth-order valence-corrected chi connectivity index (χ4v) is 4.11. The third-order valence-electron chi connectivity index (χ3n) is 4.78. The van der Waals surface area contributed by atoms with E-state index in [4.69, 9.17) is 0 Å². The predicted molar refractivity (Wildman–Crippen MR) is 73.0 cm³/mol. The highest BCUT2D eigenvalue weighted by Gasteiger charge is 2.32. The summed E-state index contributed by atoms with van der Waals surface area (Å²) in [4.78, 5) is 1.61. The number of thiophene rings is 1. The van der Waals surface area contributed by atoms with Crippen molar-refractivity contribution in [2.75, 3.05) is 0 Å². The predicted octanol–water partition coefficient (Wildman–Crippen LogP) is 5.17. The number of rotatable bonds is 1. The topological polar surface area (TPSA) is 0 Å². The van der Waals surface area contributed by atoms with Gasteiger partial charge in [-0.25, -0.2) is 0 Å². The van der Waals surface area contributed by atoms with Crippen LogP contribution in [0.25, 0.3) is 0 Å². The van der Waals surface area contributed by atoms with Gasteiger partial charge >= 0.3 is 0 Å². The molecule has 0 aliphatic heterocycles. The average Bonchev–Trinajstić information content (AvgIpc) is 2.74. The molecular weight excluding hydrogens is 212 g/mol. The van der Waals surface area contributed by atoms with Gasteiger partial charge in [-0.05, 0) is 53.9 Å². The molecule has 1 saturated carbocycles. The summed E-state index contributed by atoms with van der Waals surface area (Å²) in [6, 6.07) is 4.54. The van der Waals surface area contributed by atoms with Gasteiger partial charge in [-0.3, -0.25) is 0 Å². The van der Waals surface area contributed by atoms with Crippen LogP contribution < -0.4 is 0 Å². The van der Waals surface area contributed by atoms with Crippen molar-refractivity contribution in [1.29, 1.82) is 0 Å². The molecule has 0 N–H and O–H groups in total. The highest BCUT2D eigenvalue weighted by molar-refractivity contribution is 7.10. The maximum atomic E-state index is 2.46. The lowest BCUT2D eigenvalue weighted by Gasteiger charge is -2.25. The van der Waals surface area contributed by atoms with Crippen LogP contribution in [0.1, 0.15) is 51.3 Å². The normalized spacial score (nSPS) is 40.6. The van der Waals surface area contributed by atoms with Gasteiger partial charge in [0.2, 0.25) is 0 Å². The third-order valence-corrected chi connectivity index (χ3v) is 5.79. The Balaban J connectivity index is 2.22. The first-order valence-corrected chi connectivity index (χ1v) is 7.51. The molecule has 0 bridgehead atoms. The number of hydrogen-bond donors (Lipinski definition) is 0. The molecule has 1 heteroatoms. The van der Waals surface area contributed by atoms with Crippen LogP contribution in [-0.4, -0.2) is 0 Å². The zero-order chi connectivity index (χ0) is 11.7. The van der Waals surface area contributed by atoms with Crippen molar-refractivity contribution < 1.29 is 0 Å². The fourth-order valence-electron chi connectivity index (χ4n) is 3.15. The van der Waals surface area contributed by atoms with E-state index in [9.17, 15) is 0 Å². The van der Waals surface area contributed by atoms with E-state index < -0.39 is 0 Å². The second-order valence-corrected chi connectivity index (χ2v) is 6.86. The van der Waals surface area contributed by atoms with Gasteiger partial charge in [0.1, 0.15) is 0 Å². The SMILES string of the molecule is CC1CC(C)[C@H](C)[C@@H](c2cccs2)CC1C.